The van der Waals surface area contributed by atoms with Crippen LogP contribution in [0.25, 0.3) is 0 Å². The lowest BCUT2D eigenvalue weighted by molar-refractivity contribution is -0.142. The molecule has 3 rings (SSSR count). The molecule has 2 atom stereocenters. The summed E-state index contributed by atoms with van der Waals surface area (Å²) in [5, 5.41) is 13.6. The second-order valence-electron chi connectivity index (χ2n) is 5.74. The van der Waals surface area contributed by atoms with Gasteiger partial charge in [-0.25, -0.2) is 0 Å². The predicted octanol–water partition coefficient (Wildman–Crippen LogP) is 1.03. The summed E-state index contributed by atoms with van der Waals surface area (Å²) in [6, 6.07) is 3.33. The predicted molar refractivity (Wildman–Crippen MR) is 81.3 cm³/mol. The maximum atomic E-state index is 12.3. The Kier molecular flexibility index (Phi) is 4.10. The van der Waals surface area contributed by atoms with Crippen molar-refractivity contribution >= 4 is 11.9 Å². The van der Waals surface area contributed by atoms with E-state index in [4.69, 9.17) is 0 Å². The van der Waals surface area contributed by atoms with E-state index in [1.807, 2.05) is 12.1 Å². The van der Waals surface area contributed by atoms with Crippen LogP contribution in [0, 0.1) is 5.92 Å². The third-order valence-corrected chi connectivity index (χ3v) is 4.18. The first-order valence-corrected chi connectivity index (χ1v) is 7.46. The minimum absolute atomic E-state index is 0.0297. The average molecular weight is 314 g/mol. The van der Waals surface area contributed by atoms with Crippen LogP contribution in [0.4, 0.5) is 0 Å². The van der Waals surface area contributed by atoms with Crippen LogP contribution in [0.2, 0.25) is 0 Å². The topological polar surface area (TPSA) is 88.3 Å². The van der Waals surface area contributed by atoms with Crippen molar-refractivity contribution in [1.29, 1.82) is 0 Å². The fourth-order valence-corrected chi connectivity index (χ4v) is 3.08. The van der Waals surface area contributed by atoms with Gasteiger partial charge in [-0.2, -0.15) is 5.10 Å². The fraction of sp³-hybridized carbons (Fsp3) is 0.375. The van der Waals surface area contributed by atoms with E-state index in [9.17, 15) is 14.7 Å². The number of carbonyl (C=O) groups is 2. The Balaban J connectivity index is 1.83. The highest BCUT2D eigenvalue weighted by Crippen LogP contribution is 2.38. The highest BCUT2D eigenvalue weighted by molar-refractivity contribution is 5.87. The maximum absolute atomic E-state index is 12.3. The Hall–Kier alpha value is -2.70. The molecular formula is C16H18N4O3. The van der Waals surface area contributed by atoms with E-state index in [0.717, 1.165) is 11.1 Å². The van der Waals surface area contributed by atoms with Gasteiger partial charge in [0.2, 0.25) is 5.91 Å². The lowest BCUT2D eigenvalue weighted by Gasteiger charge is -2.26. The molecule has 1 aliphatic heterocycles. The summed E-state index contributed by atoms with van der Waals surface area (Å²) in [5.41, 5.74) is 1.78. The number of carboxylic acids is 1. The maximum Gasteiger partial charge on any atom is 0.309 e. The lowest BCUT2D eigenvalue weighted by Crippen LogP contribution is -2.32. The molecule has 1 fully saturated rings. The van der Waals surface area contributed by atoms with Gasteiger partial charge in [-0.1, -0.05) is 6.07 Å². The quantitative estimate of drug-likeness (QED) is 0.890. The largest absolute Gasteiger partial charge is 0.481 e. The number of hydrogen-bond donors (Lipinski definition) is 1. The van der Waals surface area contributed by atoms with Crippen molar-refractivity contribution < 1.29 is 14.7 Å². The Bertz CT molecular complexity index is 713. The van der Waals surface area contributed by atoms with Gasteiger partial charge >= 0.3 is 5.97 Å². The molecular weight excluding hydrogens is 296 g/mol. The Morgan fingerprint density at radius 1 is 1.43 bits per heavy atom. The van der Waals surface area contributed by atoms with Crippen LogP contribution in [-0.2, 0) is 23.1 Å². The molecule has 0 spiro atoms. The number of carboxylic acid groups (broad SMARTS) is 1. The third kappa shape index (κ3) is 3.08. The van der Waals surface area contributed by atoms with Crippen molar-refractivity contribution in [3.05, 3.63) is 48.0 Å². The number of aromatic nitrogens is 3. The molecule has 120 valence electrons. The molecule has 7 nitrogen and oxygen atoms in total. The Labute approximate surface area is 133 Å². The molecule has 23 heavy (non-hydrogen) atoms. The van der Waals surface area contributed by atoms with Crippen LogP contribution in [0.3, 0.4) is 0 Å². The van der Waals surface area contributed by atoms with Gasteiger partial charge < -0.3 is 10.0 Å². The number of aliphatic carboxylic acids is 1. The Morgan fingerprint density at radius 3 is 2.87 bits per heavy atom. The third-order valence-electron chi connectivity index (χ3n) is 4.18. The fourth-order valence-electron chi connectivity index (χ4n) is 3.08. The van der Waals surface area contributed by atoms with Gasteiger partial charge in [-0.15, -0.1) is 0 Å². The van der Waals surface area contributed by atoms with Crippen molar-refractivity contribution in [2.24, 2.45) is 13.0 Å². The van der Waals surface area contributed by atoms with E-state index >= 15 is 0 Å². The molecule has 0 unspecified atom stereocenters. The monoisotopic (exact) mass is 314 g/mol. The van der Waals surface area contributed by atoms with Crippen molar-refractivity contribution in [2.75, 3.05) is 6.54 Å². The molecule has 0 bridgehead atoms. The van der Waals surface area contributed by atoms with Gasteiger partial charge in [0.05, 0.1) is 18.2 Å². The van der Waals surface area contributed by atoms with Crippen LogP contribution in [0.5, 0.6) is 0 Å². The van der Waals surface area contributed by atoms with Crippen molar-refractivity contribution in [3.63, 3.8) is 0 Å². The Morgan fingerprint density at radius 2 is 2.26 bits per heavy atom. The normalized spacial score (nSPS) is 20.9. The molecule has 7 heteroatoms. The zero-order valence-corrected chi connectivity index (χ0v) is 12.8. The first-order valence-electron chi connectivity index (χ1n) is 7.46. The molecule has 0 saturated carbocycles. The van der Waals surface area contributed by atoms with Gasteiger partial charge in [0, 0.05) is 44.2 Å². The zero-order valence-electron chi connectivity index (χ0n) is 12.8. The van der Waals surface area contributed by atoms with Gasteiger partial charge in [0.1, 0.15) is 0 Å². The van der Waals surface area contributed by atoms with E-state index in [2.05, 4.69) is 10.1 Å². The van der Waals surface area contributed by atoms with Crippen LogP contribution in [0.1, 0.15) is 23.6 Å². The van der Waals surface area contributed by atoms with Crippen molar-refractivity contribution in [2.45, 2.75) is 18.9 Å². The average Bonchev–Trinajstić information content (AvgIpc) is 3.09. The number of nitrogens with zero attached hydrogens (tertiary/aromatic N) is 4. The summed E-state index contributed by atoms with van der Waals surface area (Å²) in [4.78, 5) is 29.6. The minimum atomic E-state index is -0.948. The summed E-state index contributed by atoms with van der Waals surface area (Å²) in [7, 11) is 1.77. The number of carbonyl (C=O) groups excluding carboxylic acids is 1. The van der Waals surface area contributed by atoms with Crippen LogP contribution in [-0.4, -0.2) is 43.2 Å². The van der Waals surface area contributed by atoms with E-state index < -0.39 is 17.9 Å². The number of amides is 1. The molecule has 0 radical (unpaired) electrons. The first-order chi connectivity index (χ1) is 11.1. The molecule has 2 aromatic rings. The molecule has 0 aliphatic carbocycles. The van der Waals surface area contributed by atoms with E-state index in [-0.39, 0.29) is 12.3 Å². The smallest absolute Gasteiger partial charge is 0.309 e. The number of likely N-dealkylation sites (tertiary alicyclic amines) is 1. The highest BCUT2D eigenvalue weighted by atomic mass is 16.4. The summed E-state index contributed by atoms with van der Waals surface area (Å²) >= 11 is 0. The molecule has 3 heterocycles. The number of hydrogen-bond acceptors (Lipinski definition) is 4. The van der Waals surface area contributed by atoms with Crippen LogP contribution < -0.4 is 0 Å². The minimum Gasteiger partial charge on any atom is -0.481 e. The second-order valence-corrected chi connectivity index (χ2v) is 5.74. The first kappa shape index (κ1) is 15.2. The zero-order chi connectivity index (χ0) is 16.4. The van der Waals surface area contributed by atoms with Crippen LogP contribution >= 0.6 is 0 Å². The van der Waals surface area contributed by atoms with Gasteiger partial charge in [0.25, 0.3) is 0 Å². The lowest BCUT2D eigenvalue weighted by atomic mass is 9.96. The van der Waals surface area contributed by atoms with E-state index in [1.54, 1.807) is 41.4 Å². The van der Waals surface area contributed by atoms with Crippen LogP contribution in [0.15, 0.2) is 36.9 Å². The molecule has 1 saturated heterocycles. The molecule has 1 amide bonds. The summed E-state index contributed by atoms with van der Waals surface area (Å²) in [6.07, 6.45) is 7.54. The van der Waals surface area contributed by atoms with Crippen molar-refractivity contribution in [3.8, 4) is 0 Å². The number of aryl methyl sites for hydroxylation is 1. The van der Waals surface area contributed by atoms with E-state index in [0.29, 0.717) is 13.0 Å². The summed E-state index contributed by atoms with van der Waals surface area (Å²) in [6.45, 7) is 0.466. The standard InChI is InChI=1S/C16H18N4O3/c1-19-10-12(9-18-19)15-13(16(22)23)7-14(21)20(15)6-4-11-3-2-5-17-8-11/h2-3,5,8-10,13,15H,4,6-7H2,1H3,(H,22,23)/t13-,15-/m0/s1. The number of rotatable bonds is 5. The number of pyridine rings is 1. The van der Waals surface area contributed by atoms with Gasteiger partial charge in [-0.3, -0.25) is 19.3 Å². The molecule has 0 aromatic carbocycles. The molecule has 2 aromatic heterocycles. The van der Waals surface area contributed by atoms with Gasteiger partial charge in [-0.05, 0) is 18.1 Å². The summed E-state index contributed by atoms with van der Waals surface area (Å²) in [5.74, 6) is -1.81. The van der Waals surface area contributed by atoms with Gasteiger partial charge in [0.15, 0.2) is 0 Å². The molecule has 1 N–H and O–H groups in total. The highest BCUT2D eigenvalue weighted by Gasteiger charge is 2.44. The summed E-state index contributed by atoms with van der Waals surface area (Å²) < 4.78 is 1.62. The van der Waals surface area contributed by atoms with E-state index in [1.165, 1.54) is 0 Å². The second kappa shape index (κ2) is 6.20. The molecule has 1 aliphatic rings. The van der Waals surface area contributed by atoms with Crippen molar-refractivity contribution in [1.82, 2.24) is 19.7 Å². The SMILES string of the molecule is Cn1cc([C@H]2[C@@H](C(=O)O)CC(=O)N2CCc2cccnc2)cn1.